The monoisotopic (exact) mass is 284 g/mol. The zero-order valence-corrected chi connectivity index (χ0v) is 11.2. The van der Waals surface area contributed by atoms with Crippen molar-refractivity contribution in [3.63, 3.8) is 0 Å². The number of nitrogens with zero attached hydrogens (tertiary/aromatic N) is 1. The van der Waals surface area contributed by atoms with Gasteiger partial charge in [0.15, 0.2) is 0 Å². The number of nitro groups is 1. The van der Waals surface area contributed by atoms with Crippen LogP contribution in [0.4, 0.5) is 5.69 Å². The minimum absolute atomic E-state index is 0.0177. The van der Waals surface area contributed by atoms with Crippen LogP contribution in [0.1, 0.15) is 12.5 Å². The number of primary sulfonamides is 1. The summed E-state index contributed by atoms with van der Waals surface area (Å²) in [6, 6.07) is 2.08. The van der Waals surface area contributed by atoms with E-state index in [1.807, 2.05) is 0 Å². The molecule has 102 valence electrons. The van der Waals surface area contributed by atoms with E-state index in [0.29, 0.717) is 5.56 Å². The Balaban J connectivity index is 3.42. The van der Waals surface area contributed by atoms with E-state index in [0.717, 1.165) is 6.07 Å². The van der Waals surface area contributed by atoms with Crippen LogP contribution < -0.4 is 9.88 Å². The third kappa shape index (κ3) is 3.67. The van der Waals surface area contributed by atoms with Gasteiger partial charge < -0.3 is 4.74 Å². The predicted molar refractivity (Wildman–Crippen MR) is 68.2 cm³/mol. The topological polar surface area (TPSA) is 113 Å². The summed E-state index contributed by atoms with van der Waals surface area (Å²) < 4.78 is 28.1. The summed E-state index contributed by atoms with van der Waals surface area (Å²) in [5.74, 6) is 5.16. The summed E-state index contributed by atoms with van der Waals surface area (Å²) in [6.45, 7) is 3.07. The molecular formula is C11H12N2O5S. The molecule has 0 amide bonds. The normalized spacial score (nSPS) is 10.5. The van der Waals surface area contributed by atoms with Gasteiger partial charge in [-0.25, -0.2) is 13.6 Å². The first-order valence-corrected chi connectivity index (χ1v) is 6.66. The van der Waals surface area contributed by atoms with Gasteiger partial charge in [-0.15, -0.1) is 5.92 Å². The molecule has 0 fully saturated rings. The van der Waals surface area contributed by atoms with Crippen molar-refractivity contribution in [2.45, 2.75) is 18.7 Å². The molecule has 1 aromatic rings. The van der Waals surface area contributed by atoms with E-state index in [-0.39, 0.29) is 18.0 Å². The zero-order valence-electron chi connectivity index (χ0n) is 10.3. The summed E-state index contributed by atoms with van der Waals surface area (Å²) in [5.41, 5.74) is -0.0634. The maximum absolute atomic E-state index is 11.5. The van der Waals surface area contributed by atoms with E-state index in [4.69, 9.17) is 9.88 Å². The molecule has 0 bridgehead atoms. The maximum atomic E-state index is 11.5. The summed E-state index contributed by atoms with van der Waals surface area (Å²) in [5, 5.41) is 15.7. The van der Waals surface area contributed by atoms with Crippen molar-refractivity contribution in [1.82, 2.24) is 0 Å². The minimum Gasteiger partial charge on any atom is -0.479 e. The Labute approximate surface area is 110 Å². The fraction of sp³-hybridized carbons (Fsp3) is 0.273. The number of hydrogen-bond donors (Lipinski definition) is 1. The van der Waals surface area contributed by atoms with Crippen LogP contribution in [0.15, 0.2) is 17.0 Å². The summed E-state index contributed by atoms with van der Waals surface area (Å²) in [6.07, 6.45) is 0. The molecule has 0 radical (unpaired) electrons. The molecule has 0 aliphatic carbocycles. The molecule has 1 aromatic carbocycles. The lowest BCUT2D eigenvalue weighted by atomic mass is 10.2. The summed E-state index contributed by atoms with van der Waals surface area (Å²) >= 11 is 0. The molecule has 1 rings (SSSR count). The van der Waals surface area contributed by atoms with E-state index in [9.17, 15) is 18.5 Å². The second kappa shape index (κ2) is 5.69. The van der Waals surface area contributed by atoms with Crippen LogP contribution in [0.2, 0.25) is 0 Å². The number of benzene rings is 1. The van der Waals surface area contributed by atoms with Gasteiger partial charge >= 0.3 is 0 Å². The first kappa shape index (κ1) is 14.9. The Kier molecular flexibility index (Phi) is 4.47. The van der Waals surface area contributed by atoms with Gasteiger partial charge in [0, 0.05) is 12.1 Å². The maximum Gasteiger partial charge on any atom is 0.271 e. The second-order valence-electron chi connectivity index (χ2n) is 3.61. The van der Waals surface area contributed by atoms with Crippen LogP contribution >= 0.6 is 0 Å². The van der Waals surface area contributed by atoms with Crippen molar-refractivity contribution >= 4 is 15.7 Å². The molecule has 0 spiro atoms. The lowest BCUT2D eigenvalue weighted by Gasteiger charge is -2.10. The smallest absolute Gasteiger partial charge is 0.271 e. The van der Waals surface area contributed by atoms with Crippen LogP contribution in [0, 0.1) is 28.9 Å². The van der Waals surface area contributed by atoms with Gasteiger partial charge in [-0.2, -0.15) is 0 Å². The first-order valence-electron chi connectivity index (χ1n) is 5.11. The van der Waals surface area contributed by atoms with E-state index >= 15 is 0 Å². The van der Waals surface area contributed by atoms with Crippen molar-refractivity contribution in [2.75, 3.05) is 6.61 Å². The van der Waals surface area contributed by atoms with Crippen LogP contribution in [0.25, 0.3) is 0 Å². The van der Waals surface area contributed by atoms with E-state index in [1.54, 1.807) is 6.92 Å². The highest BCUT2D eigenvalue weighted by atomic mass is 32.2. The zero-order chi connectivity index (χ0) is 14.6. The highest BCUT2D eigenvalue weighted by Crippen LogP contribution is 2.31. The largest absolute Gasteiger partial charge is 0.479 e. The SMILES string of the molecule is CC#CCOc1c(C)cc([N+](=O)[O-])cc1S(N)(=O)=O. The number of ether oxygens (including phenoxy) is 1. The lowest BCUT2D eigenvalue weighted by molar-refractivity contribution is -0.385. The molecule has 0 saturated heterocycles. The van der Waals surface area contributed by atoms with E-state index in [2.05, 4.69) is 11.8 Å². The van der Waals surface area contributed by atoms with Gasteiger partial charge in [0.05, 0.1) is 4.92 Å². The second-order valence-corrected chi connectivity index (χ2v) is 5.14. The molecule has 0 aromatic heterocycles. The first-order chi connectivity index (χ1) is 8.77. The number of hydrogen-bond acceptors (Lipinski definition) is 5. The number of nitrogens with two attached hydrogens (primary N) is 1. The molecule has 7 nitrogen and oxygen atoms in total. The van der Waals surface area contributed by atoms with Gasteiger partial charge in [0.1, 0.15) is 17.3 Å². The molecule has 0 unspecified atom stereocenters. The molecule has 0 aliphatic rings. The van der Waals surface area contributed by atoms with Crippen LogP contribution in [0.5, 0.6) is 5.75 Å². The Bertz CT molecular complexity index is 670. The Hall–Kier alpha value is -2.11. The van der Waals surface area contributed by atoms with Crippen LogP contribution in [-0.4, -0.2) is 19.9 Å². The number of sulfonamides is 1. The molecule has 0 heterocycles. The van der Waals surface area contributed by atoms with E-state index in [1.165, 1.54) is 13.0 Å². The highest BCUT2D eigenvalue weighted by Gasteiger charge is 2.22. The number of aryl methyl sites for hydroxylation is 1. The number of non-ortho nitro benzene ring substituents is 1. The van der Waals surface area contributed by atoms with Crippen molar-refractivity contribution in [1.29, 1.82) is 0 Å². The summed E-state index contributed by atoms with van der Waals surface area (Å²) in [4.78, 5) is 9.59. The number of nitro benzene ring substituents is 1. The Morgan fingerprint density at radius 1 is 1.47 bits per heavy atom. The van der Waals surface area contributed by atoms with Crippen molar-refractivity contribution in [3.05, 3.63) is 27.8 Å². The van der Waals surface area contributed by atoms with Gasteiger partial charge in [0.2, 0.25) is 10.0 Å². The minimum atomic E-state index is -4.13. The van der Waals surface area contributed by atoms with Gasteiger partial charge in [-0.3, -0.25) is 10.1 Å². The molecule has 0 saturated carbocycles. The molecule has 0 aliphatic heterocycles. The van der Waals surface area contributed by atoms with E-state index < -0.39 is 19.8 Å². The van der Waals surface area contributed by atoms with Gasteiger partial charge in [0.25, 0.3) is 5.69 Å². The lowest BCUT2D eigenvalue weighted by Crippen LogP contribution is -2.15. The third-order valence-corrected chi connectivity index (χ3v) is 3.12. The molecule has 19 heavy (non-hydrogen) atoms. The van der Waals surface area contributed by atoms with Gasteiger partial charge in [-0.05, 0) is 19.4 Å². The average Bonchev–Trinajstić information content (AvgIpc) is 2.29. The standard InChI is InChI=1S/C11H12N2O5S/c1-3-4-5-18-11-8(2)6-9(13(14)15)7-10(11)19(12,16)17/h6-7H,5H2,1-2H3,(H2,12,16,17). The third-order valence-electron chi connectivity index (χ3n) is 2.21. The Morgan fingerprint density at radius 2 is 2.11 bits per heavy atom. The summed E-state index contributed by atoms with van der Waals surface area (Å²) in [7, 11) is -4.13. The average molecular weight is 284 g/mol. The van der Waals surface area contributed by atoms with Crippen LogP contribution in [-0.2, 0) is 10.0 Å². The van der Waals surface area contributed by atoms with Crippen molar-refractivity contribution in [3.8, 4) is 17.6 Å². The predicted octanol–water partition coefficient (Wildman–Crippen LogP) is 0.953. The van der Waals surface area contributed by atoms with Crippen molar-refractivity contribution < 1.29 is 18.1 Å². The number of rotatable bonds is 4. The fourth-order valence-corrected chi connectivity index (χ4v) is 2.17. The molecule has 2 N–H and O–H groups in total. The molecular weight excluding hydrogens is 272 g/mol. The molecule has 8 heteroatoms. The Morgan fingerprint density at radius 3 is 2.58 bits per heavy atom. The van der Waals surface area contributed by atoms with Crippen LogP contribution in [0.3, 0.4) is 0 Å². The highest BCUT2D eigenvalue weighted by molar-refractivity contribution is 7.89. The quantitative estimate of drug-likeness (QED) is 0.502. The van der Waals surface area contributed by atoms with Gasteiger partial charge in [-0.1, -0.05) is 5.92 Å². The molecule has 0 atom stereocenters. The fourth-order valence-electron chi connectivity index (χ4n) is 1.41. The van der Waals surface area contributed by atoms with Crippen molar-refractivity contribution in [2.24, 2.45) is 5.14 Å².